The fourth-order valence-corrected chi connectivity index (χ4v) is 3.82. The highest BCUT2D eigenvalue weighted by molar-refractivity contribution is 8.18. The molecule has 7 nitrogen and oxygen atoms in total. The first kappa shape index (κ1) is 23.4. The Labute approximate surface area is 191 Å². The molecule has 0 unspecified atom stereocenters. The van der Waals surface area contributed by atoms with Gasteiger partial charge in [-0.05, 0) is 60.0 Å². The summed E-state index contributed by atoms with van der Waals surface area (Å²) < 4.78 is 11.1. The van der Waals surface area contributed by atoms with Gasteiger partial charge >= 0.3 is 0 Å². The second kappa shape index (κ2) is 10.4. The molecule has 168 valence electrons. The highest BCUT2D eigenvalue weighted by atomic mass is 32.2. The van der Waals surface area contributed by atoms with E-state index in [0.717, 1.165) is 22.2 Å². The van der Waals surface area contributed by atoms with Crippen LogP contribution in [-0.2, 0) is 9.59 Å². The molecule has 1 heterocycles. The summed E-state index contributed by atoms with van der Waals surface area (Å²) in [6.07, 6.45) is 1.61. The minimum Gasteiger partial charge on any atom is -0.493 e. The van der Waals surface area contributed by atoms with Crippen molar-refractivity contribution in [2.45, 2.75) is 20.8 Å². The number of hydrogen-bond acceptors (Lipinski definition) is 6. The van der Waals surface area contributed by atoms with Crippen LogP contribution in [0.5, 0.6) is 11.5 Å². The number of carbonyl (C=O) groups is 3. The van der Waals surface area contributed by atoms with Crippen molar-refractivity contribution in [3.05, 3.63) is 58.5 Å². The van der Waals surface area contributed by atoms with Gasteiger partial charge in [0.05, 0.1) is 18.6 Å². The minimum atomic E-state index is -0.501. The number of carbonyl (C=O) groups excluding carboxylic acids is 3. The van der Waals surface area contributed by atoms with Gasteiger partial charge in [-0.1, -0.05) is 38.1 Å². The summed E-state index contributed by atoms with van der Waals surface area (Å²) >= 11 is 0.806. The van der Waals surface area contributed by atoms with Crippen molar-refractivity contribution in [1.29, 1.82) is 0 Å². The number of imide groups is 1. The van der Waals surface area contributed by atoms with Crippen molar-refractivity contribution in [2.75, 3.05) is 25.6 Å². The van der Waals surface area contributed by atoms with E-state index in [1.807, 2.05) is 19.1 Å². The third kappa shape index (κ3) is 5.70. The third-order valence-corrected chi connectivity index (χ3v) is 5.56. The van der Waals surface area contributed by atoms with Crippen LogP contribution in [0.15, 0.2) is 47.4 Å². The third-order valence-electron chi connectivity index (χ3n) is 4.65. The predicted octanol–water partition coefficient (Wildman–Crippen LogP) is 4.71. The summed E-state index contributed by atoms with van der Waals surface area (Å²) in [6.45, 7) is 6.18. The number of rotatable bonds is 8. The molecule has 3 amide bonds. The second-order valence-electron chi connectivity index (χ2n) is 7.75. The Morgan fingerprint density at radius 1 is 1.16 bits per heavy atom. The number of nitrogens with one attached hydrogen (secondary N) is 1. The molecule has 3 rings (SSSR count). The molecule has 1 saturated heterocycles. The van der Waals surface area contributed by atoms with Gasteiger partial charge in [-0.2, -0.15) is 0 Å². The van der Waals surface area contributed by atoms with Gasteiger partial charge < -0.3 is 14.8 Å². The topological polar surface area (TPSA) is 84.9 Å². The summed E-state index contributed by atoms with van der Waals surface area (Å²) in [5.41, 5.74) is 2.23. The number of methoxy groups -OCH3 is 1. The molecule has 0 spiro atoms. The van der Waals surface area contributed by atoms with E-state index in [1.54, 1.807) is 43.5 Å². The zero-order valence-corrected chi connectivity index (χ0v) is 19.3. The van der Waals surface area contributed by atoms with E-state index in [9.17, 15) is 14.4 Å². The lowest BCUT2D eigenvalue weighted by Gasteiger charge is -2.13. The number of nitrogens with zero attached hydrogens (tertiary/aromatic N) is 1. The van der Waals surface area contributed by atoms with Crippen LogP contribution in [0.2, 0.25) is 0 Å². The Morgan fingerprint density at radius 3 is 2.59 bits per heavy atom. The molecule has 0 saturated carbocycles. The van der Waals surface area contributed by atoms with Crippen LogP contribution in [0, 0.1) is 12.8 Å². The lowest BCUT2D eigenvalue weighted by molar-refractivity contribution is -0.127. The molecule has 2 aromatic carbocycles. The Kier molecular flexibility index (Phi) is 7.58. The fourth-order valence-electron chi connectivity index (χ4n) is 2.98. The Bertz CT molecular complexity index is 1060. The smallest absolute Gasteiger partial charge is 0.294 e. The number of aryl methyl sites for hydroxylation is 1. The quantitative estimate of drug-likeness (QED) is 0.582. The van der Waals surface area contributed by atoms with Gasteiger partial charge in [0.15, 0.2) is 11.5 Å². The molecular formula is C24H26N2O5S. The maximum absolute atomic E-state index is 12.8. The van der Waals surface area contributed by atoms with E-state index in [2.05, 4.69) is 19.2 Å². The van der Waals surface area contributed by atoms with Crippen LogP contribution in [0.25, 0.3) is 6.08 Å². The fraction of sp³-hybridized carbons (Fsp3) is 0.292. The van der Waals surface area contributed by atoms with Crippen LogP contribution in [0.1, 0.15) is 25.0 Å². The number of anilines is 1. The van der Waals surface area contributed by atoms with E-state index >= 15 is 0 Å². The lowest BCUT2D eigenvalue weighted by Crippen LogP contribution is -2.36. The number of benzene rings is 2. The summed E-state index contributed by atoms with van der Waals surface area (Å²) in [5.74, 6) is 0.583. The van der Waals surface area contributed by atoms with Gasteiger partial charge in [-0.25, -0.2) is 0 Å². The number of thioether (sulfide) groups is 1. The molecule has 1 aliphatic rings. The molecule has 1 aliphatic heterocycles. The molecular weight excluding hydrogens is 428 g/mol. The van der Waals surface area contributed by atoms with Crippen LogP contribution < -0.4 is 14.8 Å². The average Bonchev–Trinajstić information content (AvgIpc) is 3.01. The molecule has 32 heavy (non-hydrogen) atoms. The predicted molar refractivity (Wildman–Crippen MR) is 126 cm³/mol. The maximum atomic E-state index is 12.8. The van der Waals surface area contributed by atoms with Crippen molar-refractivity contribution >= 4 is 40.6 Å². The Balaban J connectivity index is 1.71. The first-order valence-electron chi connectivity index (χ1n) is 10.2. The molecule has 8 heteroatoms. The standard InChI is InChI=1S/C24H26N2O5S/c1-15(2)14-31-19-10-9-17(11-20(19)30-4)12-21-23(28)26(24(29)32-21)13-22(27)25-18-8-6-5-7-16(18)3/h5-12,15H,13-14H2,1-4H3,(H,25,27)/b21-12-. The van der Waals surface area contributed by atoms with Gasteiger partial charge in [0.1, 0.15) is 6.54 Å². The Morgan fingerprint density at radius 2 is 1.91 bits per heavy atom. The summed E-state index contributed by atoms with van der Waals surface area (Å²) in [6, 6.07) is 12.6. The van der Waals surface area contributed by atoms with Gasteiger partial charge in [0.25, 0.3) is 11.1 Å². The summed E-state index contributed by atoms with van der Waals surface area (Å²) in [4.78, 5) is 38.7. The van der Waals surface area contributed by atoms with Gasteiger partial charge in [-0.3, -0.25) is 19.3 Å². The minimum absolute atomic E-state index is 0.247. The molecule has 1 N–H and O–H groups in total. The van der Waals surface area contributed by atoms with Gasteiger partial charge in [0, 0.05) is 5.69 Å². The highest BCUT2D eigenvalue weighted by Gasteiger charge is 2.36. The van der Waals surface area contributed by atoms with Crippen molar-refractivity contribution < 1.29 is 23.9 Å². The first-order valence-corrected chi connectivity index (χ1v) is 11.0. The first-order chi connectivity index (χ1) is 15.3. The number of ether oxygens (including phenoxy) is 2. The average molecular weight is 455 g/mol. The van der Waals surface area contributed by atoms with Crippen LogP contribution in [-0.4, -0.2) is 42.2 Å². The number of hydrogen-bond donors (Lipinski definition) is 1. The van der Waals surface area contributed by atoms with E-state index in [-0.39, 0.29) is 11.4 Å². The molecule has 0 bridgehead atoms. The molecule has 0 aliphatic carbocycles. The van der Waals surface area contributed by atoms with Crippen molar-refractivity contribution in [3.8, 4) is 11.5 Å². The van der Waals surface area contributed by atoms with E-state index in [0.29, 0.717) is 35.3 Å². The summed E-state index contributed by atoms with van der Waals surface area (Å²) in [5, 5.41) is 2.26. The van der Waals surface area contributed by atoms with E-state index < -0.39 is 17.1 Å². The van der Waals surface area contributed by atoms with E-state index in [4.69, 9.17) is 9.47 Å². The molecule has 0 radical (unpaired) electrons. The largest absolute Gasteiger partial charge is 0.493 e. The van der Waals surface area contributed by atoms with Crippen molar-refractivity contribution in [2.24, 2.45) is 5.92 Å². The van der Waals surface area contributed by atoms with Crippen molar-refractivity contribution in [3.63, 3.8) is 0 Å². The summed E-state index contributed by atoms with van der Waals surface area (Å²) in [7, 11) is 1.54. The van der Waals surface area contributed by atoms with Crippen LogP contribution in [0.3, 0.4) is 0 Å². The molecule has 2 aromatic rings. The normalized spacial score (nSPS) is 14.9. The van der Waals surface area contributed by atoms with Crippen molar-refractivity contribution in [1.82, 2.24) is 4.90 Å². The number of amides is 3. The number of para-hydroxylation sites is 1. The van der Waals surface area contributed by atoms with E-state index in [1.165, 1.54) is 0 Å². The molecule has 0 atom stereocenters. The second-order valence-corrected chi connectivity index (χ2v) is 8.74. The zero-order valence-electron chi connectivity index (χ0n) is 18.5. The Hall–Kier alpha value is -3.26. The SMILES string of the molecule is COc1cc(/C=C2\SC(=O)N(CC(=O)Nc3ccccc3C)C2=O)ccc1OCC(C)C. The monoisotopic (exact) mass is 454 g/mol. The highest BCUT2D eigenvalue weighted by Crippen LogP contribution is 2.34. The molecule has 0 aromatic heterocycles. The maximum Gasteiger partial charge on any atom is 0.294 e. The van der Waals surface area contributed by atoms with Crippen LogP contribution in [0.4, 0.5) is 10.5 Å². The van der Waals surface area contributed by atoms with Gasteiger partial charge in [-0.15, -0.1) is 0 Å². The molecule has 1 fully saturated rings. The van der Waals surface area contributed by atoms with Gasteiger partial charge in [0.2, 0.25) is 5.91 Å². The van der Waals surface area contributed by atoms with Crippen LogP contribution >= 0.6 is 11.8 Å². The lowest BCUT2D eigenvalue weighted by atomic mass is 10.1. The zero-order chi connectivity index (χ0) is 23.3.